The van der Waals surface area contributed by atoms with E-state index in [0.29, 0.717) is 13.0 Å². The van der Waals surface area contributed by atoms with Crippen LogP contribution in [0.1, 0.15) is 20.3 Å². The molecule has 0 saturated carbocycles. The lowest BCUT2D eigenvalue weighted by Crippen LogP contribution is -2.41. The van der Waals surface area contributed by atoms with Gasteiger partial charge in [0.2, 0.25) is 0 Å². The van der Waals surface area contributed by atoms with Crippen LogP contribution in [0.25, 0.3) is 0 Å². The van der Waals surface area contributed by atoms with Gasteiger partial charge in [-0.05, 0) is 32.4 Å². The van der Waals surface area contributed by atoms with Crippen LogP contribution in [0.15, 0.2) is 24.3 Å². The fraction of sp³-hybridized carbons (Fsp3) is 0.467. The molecule has 1 N–H and O–H groups in total. The second-order valence-electron chi connectivity index (χ2n) is 5.59. The number of ether oxygens (including phenoxy) is 1. The average molecular weight is 295 g/mol. The molecule has 0 aliphatic carbocycles. The number of carboxylic acid groups (broad SMARTS) is 1. The molecule has 2 unspecified atom stereocenters. The Morgan fingerprint density at radius 1 is 1.48 bits per heavy atom. The highest BCUT2D eigenvalue weighted by Crippen LogP contribution is 2.30. The molecule has 0 spiro atoms. The van der Waals surface area contributed by atoms with Crippen molar-refractivity contribution >= 4 is 11.9 Å². The third-order valence-electron chi connectivity index (χ3n) is 3.76. The summed E-state index contributed by atoms with van der Waals surface area (Å²) in [4.78, 5) is 24.9. The Balaban J connectivity index is 1.99. The molecule has 114 valence electrons. The lowest BCUT2D eigenvalue weighted by Gasteiger charge is -2.23. The molecule has 1 aromatic rings. The average Bonchev–Trinajstić information content (AvgIpc) is 2.82. The quantitative estimate of drug-likeness (QED) is 0.921. The van der Waals surface area contributed by atoms with Crippen molar-refractivity contribution < 1.29 is 23.8 Å². The van der Waals surface area contributed by atoms with Crippen LogP contribution < -0.4 is 4.74 Å². The van der Waals surface area contributed by atoms with Crippen molar-refractivity contribution in [2.75, 3.05) is 13.1 Å². The van der Waals surface area contributed by atoms with Crippen LogP contribution in [0.3, 0.4) is 0 Å². The molecule has 5 nitrogen and oxygen atoms in total. The number of aliphatic carboxylic acids is 1. The molecule has 21 heavy (non-hydrogen) atoms. The Labute approximate surface area is 122 Å². The zero-order chi connectivity index (χ0) is 15.6. The second kappa shape index (κ2) is 5.71. The van der Waals surface area contributed by atoms with Crippen molar-refractivity contribution in [1.82, 2.24) is 4.90 Å². The lowest BCUT2D eigenvalue weighted by molar-refractivity contribution is -0.147. The summed E-state index contributed by atoms with van der Waals surface area (Å²) in [6.07, 6.45) is -0.372. The molecule has 6 heteroatoms. The predicted molar refractivity (Wildman–Crippen MR) is 73.4 cm³/mol. The highest BCUT2D eigenvalue weighted by atomic mass is 19.1. The molecular formula is C15H18FNO4. The Kier molecular flexibility index (Phi) is 4.16. The van der Waals surface area contributed by atoms with Gasteiger partial charge in [-0.25, -0.2) is 4.39 Å². The number of halogens is 1. The van der Waals surface area contributed by atoms with Gasteiger partial charge in [0.25, 0.3) is 5.91 Å². The van der Waals surface area contributed by atoms with E-state index in [1.165, 1.54) is 23.1 Å². The monoisotopic (exact) mass is 295 g/mol. The molecule has 1 aliphatic rings. The van der Waals surface area contributed by atoms with E-state index in [1.54, 1.807) is 19.9 Å². The van der Waals surface area contributed by atoms with Gasteiger partial charge in [-0.1, -0.05) is 6.07 Å². The largest absolute Gasteiger partial charge is 0.481 e. The van der Waals surface area contributed by atoms with Crippen molar-refractivity contribution in [3.8, 4) is 5.75 Å². The number of benzene rings is 1. The van der Waals surface area contributed by atoms with E-state index in [4.69, 9.17) is 9.84 Å². The number of carbonyl (C=O) groups excluding carboxylic acids is 1. The van der Waals surface area contributed by atoms with E-state index >= 15 is 0 Å². The maximum atomic E-state index is 13.1. The Hall–Kier alpha value is -2.11. The van der Waals surface area contributed by atoms with Crippen molar-refractivity contribution in [2.24, 2.45) is 5.41 Å². The van der Waals surface area contributed by atoms with Gasteiger partial charge in [0.1, 0.15) is 11.6 Å². The first-order chi connectivity index (χ1) is 9.82. The molecule has 1 aromatic carbocycles. The van der Waals surface area contributed by atoms with Gasteiger partial charge in [-0.2, -0.15) is 0 Å². The van der Waals surface area contributed by atoms with Gasteiger partial charge in [-0.3, -0.25) is 9.59 Å². The molecule has 0 bridgehead atoms. The summed E-state index contributed by atoms with van der Waals surface area (Å²) in [6, 6.07) is 5.56. The van der Waals surface area contributed by atoms with Gasteiger partial charge in [0, 0.05) is 19.2 Å². The molecule has 2 rings (SSSR count). The van der Waals surface area contributed by atoms with Crippen LogP contribution >= 0.6 is 0 Å². The van der Waals surface area contributed by atoms with Crippen LogP contribution in [0.4, 0.5) is 4.39 Å². The summed E-state index contributed by atoms with van der Waals surface area (Å²) >= 11 is 0. The van der Waals surface area contributed by atoms with Gasteiger partial charge < -0.3 is 14.7 Å². The number of likely N-dealkylation sites (tertiary alicyclic amines) is 1. The fourth-order valence-corrected chi connectivity index (χ4v) is 2.38. The van der Waals surface area contributed by atoms with E-state index in [1.807, 2.05) is 0 Å². The Morgan fingerprint density at radius 2 is 2.19 bits per heavy atom. The number of amides is 1. The standard InChI is InChI=1S/C15H18FNO4/c1-10(21-12-5-3-4-11(16)8-12)13(18)17-7-6-15(2,9-17)14(19)20/h3-5,8,10H,6-7,9H2,1-2H3,(H,19,20). The maximum Gasteiger partial charge on any atom is 0.311 e. The first-order valence-corrected chi connectivity index (χ1v) is 6.76. The first kappa shape index (κ1) is 15.3. The minimum atomic E-state index is -0.908. The summed E-state index contributed by atoms with van der Waals surface area (Å²) in [5.41, 5.74) is -0.908. The minimum Gasteiger partial charge on any atom is -0.481 e. The summed E-state index contributed by atoms with van der Waals surface area (Å²) in [6.45, 7) is 3.75. The molecule has 0 radical (unpaired) electrons. The van der Waals surface area contributed by atoms with E-state index in [-0.39, 0.29) is 18.2 Å². The summed E-state index contributed by atoms with van der Waals surface area (Å²) in [5.74, 6) is -1.36. The molecule has 1 saturated heterocycles. The maximum absolute atomic E-state index is 13.1. The number of nitrogens with zero attached hydrogens (tertiary/aromatic N) is 1. The number of carbonyl (C=O) groups is 2. The van der Waals surface area contributed by atoms with Gasteiger partial charge in [0.15, 0.2) is 6.10 Å². The molecular weight excluding hydrogens is 277 g/mol. The van der Waals surface area contributed by atoms with Crippen LogP contribution in [-0.2, 0) is 9.59 Å². The smallest absolute Gasteiger partial charge is 0.311 e. The van der Waals surface area contributed by atoms with Crippen molar-refractivity contribution in [3.05, 3.63) is 30.1 Å². The van der Waals surface area contributed by atoms with E-state index in [9.17, 15) is 14.0 Å². The minimum absolute atomic E-state index is 0.165. The SMILES string of the molecule is CC(Oc1cccc(F)c1)C(=O)N1CCC(C)(C(=O)O)C1. The topological polar surface area (TPSA) is 66.8 Å². The van der Waals surface area contributed by atoms with Crippen LogP contribution in [-0.4, -0.2) is 41.1 Å². The number of hydrogen-bond acceptors (Lipinski definition) is 3. The number of hydrogen-bond donors (Lipinski definition) is 1. The number of rotatable bonds is 4. The fourth-order valence-electron chi connectivity index (χ4n) is 2.38. The number of carboxylic acids is 1. The highest BCUT2D eigenvalue weighted by Gasteiger charge is 2.43. The van der Waals surface area contributed by atoms with E-state index in [0.717, 1.165) is 0 Å². The Bertz CT molecular complexity index is 562. The molecule has 2 atom stereocenters. The second-order valence-corrected chi connectivity index (χ2v) is 5.59. The molecule has 1 aliphatic heterocycles. The third-order valence-corrected chi connectivity index (χ3v) is 3.76. The Morgan fingerprint density at radius 3 is 2.76 bits per heavy atom. The first-order valence-electron chi connectivity index (χ1n) is 6.76. The van der Waals surface area contributed by atoms with Gasteiger partial charge in [0.05, 0.1) is 5.41 Å². The molecule has 1 amide bonds. The van der Waals surface area contributed by atoms with E-state index in [2.05, 4.69) is 0 Å². The lowest BCUT2D eigenvalue weighted by atomic mass is 9.90. The van der Waals surface area contributed by atoms with E-state index < -0.39 is 23.3 Å². The zero-order valence-corrected chi connectivity index (χ0v) is 12.0. The third kappa shape index (κ3) is 3.32. The van der Waals surface area contributed by atoms with Gasteiger partial charge in [-0.15, -0.1) is 0 Å². The van der Waals surface area contributed by atoms with Crippen LogP contribution in [0.5, 0.6) is 5.75 Å². The predicted octanol–water partition coefficient (Wildman–Crippen LogP) is 1.92. The van der Waals surface area contributed by atoms with Gasteiger partial charge >= 0.3 is 5.97 Å². The summed E-state index contributed by atoms with van der Waals surface area (Å²) in [7, 11) is 0. The zero-order valence-electron chi connectivity index (χ0n) is 12.0. The summed E-state index contributed by atoms with van der Waals surface area (Å²) < 4.78 is 18.5. The normalized spacial score (nSPS) is 22.9. The molecule has 1 fully saturated rings. The van der Waals surface area contributed by atoms with Crippen LogP contribution in [0, 0.1) is 11.2 Å². The van der Waals surface area contributed by atoms with Crippen LogP contribution in [0.2, 0.25) is 0 Å². The molecule has 1 heterocycles. The van der Waals surface area contributed by atoms with Crippen molar-refractivity contribution in [1.29, 1.82) is 0 Å². The van der Waals surface area contributed by atoms with Crippen molar-refractivity contribution in [2.45, 2.75) is 26.4 Å². The molecule has 0 aromatic heterocycles. The van der Waals surface area contributed by atoms with Crippen molar-refractivity contribution in [3.63, 3.8) is 0 Å². The highest BCUT2D eigenvalue weighted by molar-refractivity contribution is 5.83. The summed E-state index contributed by atoms with van der Waals surface area (Å²) in [5, 5.41) is 9.17.